The number of hydrogen-bond donors (Lipinski definition) is 1. The van der Waals surface area contributed by atoms with Crippen molar-refractivity contribution in [1.29, 1.82) is 0 Å². The smallest absolute Gasteiger partial charge is 0.295 e. The molecular formula is C31H31NO6. The molecule has 3 aromatic rings. The molecule has 0 bridgehead atoms. The molecule has 7 nitrogen and oxygen atoms in total. The molecule has 1 saturated heterocycles. The molecule has 3 aromatic carbocycles. The fourth-order valence-corrected chi connectivity index (χ4v) is 4.80. The number of ketones is 1. The third-order valence-corrected chi connectivity index (χ3v) is 6.76. The van der Waals surface area contributed by atoms with E-state index in [0.717, 1.165) is 30.6 Å². The topological polar surface area (TPSA) is 85.3 Å². The average Bonchev–Trinajstić information content (AvgIpc) is 3.20. The highest BCUT2D eigenvalue weighted by Crippen LogP contribution is 2.42. The highest BCUT2D eigenvalue weighted by Gasteiger charge is 2.46. The fraction of sp³-hybridized carbons (Fsp3) is 0.290. The zero-order valence-corrected chi connectivity index (χ0v) is 21.4. The lowest BCUT2D eigenvalue weighted by atomic mass is 9.95. The first kappa shape index (κ1) is 25.4. The Kier molecular flexibility index (Phi) is 7.63. The summed E-state index contributed by atoms with van der Waals surface area (Å²) in [5.74, 6) is 0.150. The fourth-order valence-electron chi connectivity index (χ4n) is 4.80. The predicted octanol–water partition coefficient (Wildman–Crippen LogP) is 5.65. The van der Waals surface area contributed by atoms with Crippen molar-refractivity contribution in [3.8, 4) is 17.2 Å². The minimum Gasteiger partial charge on any atom is -0.507 e. The summed E-state index contributed by atoms with van der Waals surface area (Å²) in [7, 11) is 0. The van der Waals surface area contributed by atoms with Gasteiger partial charge < -0.3 is 24.2 Å². The van der Waals surface area contributed by atoms with Gasteiger partial charge >= 0.3 is 0 Å². The maximum atomic E-state index is 13.4. The van der Waals surface area contributed by atoms with E-state index in [4.69, 9.17) is 14.2 Å². The van der Waals surface area contributed by atoms with Gasteiger partial charge in [-0.25, -0.2) is 0 Å². The van der Waals surface area contributed by atoms with Crippen LogP contribution in [-0.4, -0.2) is 41.5 Å². The normalized spacial score (nSPS) is 18.0. The number of benzene rings is 3. The molecule has 0 aromatic heterocycles. The standard InChI is InChI=1S/C31H31NO6/c1-2-3-7-16-36-24-13-10-22(11-14-24)28-27(29(33)23-12-15-25-26(19-23)38-18-17-37-25)30(34)31(35)32(28)20-21-8-5-4-6-9-21/h4-6,8-15,19,28,33H,2-3,7,16-18,20H2,1H3/b29-27-. The van der Waals surface area contributed by atoms with Crippen molar-refractivity contribution < 1.29 is 28.9 Å². The number of rotatable bonds is 9. The molecule has 1 N–H and O–H groups in total. The Morgan fingerprint density at radius 2 is 1.68 bits per heavy atom. The zero-order valence-electron chi connectivity index (χ0n) is 21.4. The molecule has 0 spiro atoms. The van der Waals surface area contributed by atoms with Gasteiger partial charge in [-0.1, -0.05) is 62.2 Å². The molecule has 0 aliphatic carbocycles. The summed E-state index contributed by atoms with van der Waals surface area (Å²) in [5, 5.41) is 11.4. The molecule has 1 atom stereocenters. The van der Waals surface area contributed by atoms with E-state index in [9.17, 15) is 14.7 Å². The number of carbonyl (C=O) groups is 2. The van der Waals surface area contributed by atoms with Crippen LogP contribution in [0, 0.1) is 0 Å². The van der Waals surface area contributed by atoms with Crippen molar-refractivity contribution in [3.63, 3.8) is 0 Å². The highest BCUT2D eigenvalue weighted by molar-refractivity contribution is 6.46. The summed E-state index contributed by atoms with van der Waals surface area (Å²) in [4.78, 5) is 28.2. The van der Waals surface area contributed by atoms with E-state index in [1.165, 1.54) is 4.90 Å². The largest absolute Gasteiger partial charge is 0.507 e. The van der Waals surface area contributed by atoms with Crippen molar-refractivity contribution >= 4 is 17.4 Å². The van der Waals surface area contributed by atoms with E-state index in [0.29, 0.717) is 42.4 Å². The summed E-state index contributed by atoms with van der Waals surface area (Å²) >= 11 is 0. The van der Waals surface area contributed by atoms with Crippen molar-refractivity contribution in [1.82, 2.24) is 4.90 Å². The molecule has 0 radical (unpaired) electrons. The minimum absolute atomic E-state index is 0.0409. The lowest BCUT2D eigenvalue weighted by Crippen LogP contribution is -2.29. The van der Waals surface area contributed by atoms with Gasteiger partial charge in [-0.3, -0.25) is 9.59 Å². The Balaban J connectivity index is 1.53. The van der Waals surface area contributed by atoms with Gasteiger partial charge in [0.15, 0.2) is 11.5 Å². The first-order valence-electron chi connectivity index (χ1n) is 13.0. The number of nitrogens with zero attached hydrogens (tertiary/aromatic N) is 1. The van der Waals surface area contributed by atoms with Gasteiger partial charge in [0.25, 0.3) is 11.7 Å². The molecule has 196 valence electrons. The number of carbonyl (C=O) groups excluding carboxylic acids is 2. The summed E-state index contributed by atoms with van der Waals surface area (Å²) in [6.07, 6.45) is 3.20. The second kappa shape index (κ2) is 11.4. The highest BCUT2D eigenvalue weighted by atomic mass is 16.6. The summed E-state index contributed by atoms with van der Waals surface area (Å²) in [5.41, 5.74) is 2.02. The van der Waals surface area contributed by atoms with Gasteiger partial charge in [0, 0.05) is 12.1 Å². The van der Waals surface area contributed by atoms with Crippen LogP contribution < -0.4 is 14.2 Å². The summed E-state index contributed by atoms with van der Waals surface area (Å²) in [6, 6.07) is 21.1. The van der Waals surface area contributed by atoms with Crippen LogP contribution in [-0.2, 0) is 16.1 Å². The maximum absolute atomic E-state index is 13.4. The quantitative estimate of drug-likeness (QED) is 0.172. The number of ether oxygens (including phenoxy) is 3. The van der Waals surface area contributed by atoms with Crippen LogP contribution in [0.4, 0.5) is 0 Å². The Labute approximate surface area is 222 Å². The molecule has 7 heteroatoms. The van der Waals surface area contributed by atoms with Gasteiger partial charge in [-0.2, -0.15) is 0 Å². The summed E-state index contributed by atoms with van der Waals surface area (Å²) in [6.45, 7) is 3.84. The van der Waals surface area contributed by atoms with Crippen molar-refractivity contribution in [2.24, 2.45) is 0 Å². The van der Waals surface area contributed by atoms with Gasteiger partial charge in [0.1, 0.15) is 24.7 Å². The Morgan fingerprint density at radius 3 is 2.42 bits per heavy atom. The van der Waals surface area contributed by atoms with E-state index < -0.39 is 17.7 Å². The molecule has 5 rings (SSSR count). The van der Waals surface area contributed by atoms with Crippen LogP contribution >= 0.6 is 0 Å². The lowest BCUT2D eigenvalue weighted by molar-refractivity contribution is -0.140. The van der Waals surface area contributed by atoms with Crippen molar-refractivity contribution in [2.75, 3.05) is 19.8 Å². The minimum atomic E-state index is -0.766. The SMILES string of the molecule is CCCCCOc1ccc(C2/C(=C(/O)c3ccc4c(c3)OCCO4)C(=O)C(=O)N2Cc2ccccc2)cc1. The molecule has 1 amide bonds. The lowest BCUT2D eigenvalue weighted by Gasteiger charge is -2.26. The Bertz CT molecular complexity index is 1330. The molecule has 0 saturated carbocycles. The average molecular weight is 514 g/mol. The molecule has 38 heavy (non-hydrogen) atoms. The number of fused-ring (bicyclic) bond motifs is 1. The molecule has 2 aliphatic rings. The number of unbranched alkanes of at least 4 members (excludes halogenated alkanes) is 2. The van der Waals surface area contributed by atoms with Crippen LogP contribution in [0.15, 0.2) is 78.4 Å². The van der Waals surface area contributed by atoms with E-state index in [1.807, 2.05) is 54.6 Å². The third kappa shape index (κ3) is 5.23. The van der Waals surface area contributed by atoms with E-state index in [2.05, 4.69) is 6.92 Å². The molecule has 1 unspecified atom stereocenters. The molecule has 1 fully saturated rings. The number of aliphatic hydroxyl groups excluding tert-OH is 1. The van der Waals surface area contributed by atoms with Crippen LogP contribution in [0.25, 0.3) is 5.76 Å². The number of Topliss-reactive ketones (excluding diaryl/α,β-unsaturated/α-hetero) is 1. The zero-order chi connectivity index (χ0) is 26.5. The van der Waals surface area contributed by atoms with E-state index >= 15 is 0 Å². The van der Waals surface area contributed by atoms with Crippen LogP contribution in [0.1, 0.15) is 48.9 Å². The summed E-state index contributed by atoms with van der Waals surface area (Å²) < 4.78 is 17.1. The number of aliphatic hydroxyl groups is 1. The maximum Gasteiger partial charge on any atom is 0.295 e. The second-order valence-electron chi connectivity index (χ2n) is 9.40. The van der Waals surface area contributed by atoms with Crippen LogP contribution in [0.5, 0.6) is 17.2 Å². The van der Waals surface area contributed by atoms with Gasteiger partial charge in [0.2, 0.25) is 0 Å². The predicted molar refractivity (Wildman–Crippen MR) is 143 cm³/mol. The second-order valence-corrected chi connectivity index (χ2v) is 9.40. The number of likely N-dealkylation sites (tertiary alicyclic amines) is 1. The third-order valence-electron chi connectivity index (χ3n) is 6.76. The molecule has 2 aliphatic heterocycles. The molecule has 2 heterocycles. The first-order valence-corrected chi connectivity index (χ1v) is 13.0. The van der Waals surface area contributed by atoms with Crippen molar-refractivity contribution in [2.45, 2.75) is 38.8 Å². The molecular weight excluding hydrogens is 482 g/mol. The monoisotopic (exact) mass is 513 g/mol. The Hall–Kier alpha value is -4.26. The van der Waals surface area contributed by atoms with Crippen molar-refractivity contribution in [3.05, 3.63) is 95.1 Å². The number of amides is 1. The van der Waals surface area contributed by atoms with E-state index in [1.54, 1.807) is 18.2 Å². The van der Waals surface area contributed by atoms with Gasteiger partial charge in [0.05, 0.1) is 18.2 Å². The van der Waals surface area contributed by atoms with Gasteiger partial charge in [-0.05, 0) is 47.9 Å². The van der Waals surface area contributed by atoms with Crippen LogP contribution in [0.2, 0.25) is 0 Å². The number of hydrogen-bond acceptors (Lipinski definition) is 6. The first-order chi connectivity index (χ1) is 18.6. The Morgan fingerprint density at radius 1 is 0.947 bits per heavy atom. The van der Waals surface area contributed by atoms with E-state index in [-0.39, 0.29) is 17.9 Å². The van der Waals surface area contributed by atoms with Gasteiger partial charge in [-0.15, -0.1) is 0 Å². The van der Waals surface area contributed by atoms with Crippen LogP contribution in [0.3, 0.4) is 0 Å².